The van der Waals surface area contributed by atoms with Crippen molar-refractivity contribution in [2.75, 3.05) is 6.54 Å². The van der Waals surface area contributed by atoms with Gasteiger partial charge in [0.25, 0.3) is 0 Å². The van der Waals surface area contributed by atoms with Gasteiger partial charge in [0.05, 0.1) is 0 Å². The average molecular weight is 217 g/mol. The van der Waals surface area contributed by atoms with Crippen LogP contribution in [0.4, 0.5) is 12.9 Å². The van der Waals surface area contributed by atoms with Crippen LogP contribution in [-0.2, 0) is 6.42 Å². The predicted octanol–water partition coefficient (Wildman–Crippen LogP) is 2.85. The maximum Gasteiger partial charge on any atom is 0.762 e. The Morgan fingerprint density at radius 3 is 2.00 bits per heavy atom. The molecule has 0 aliphatic carbocycles. The first-order valence-electron chi connectivity index (χ1n) is 4.83. The molecule has 84 valence electrons. The van der Waals surface area contributed by atoms with E-state index in [9.17, 15) is 12.9 Å². The highest BCUT2D eigenvalue weighted by atomic mass is 19.4. The molecule has 0 heterocycles. The smallest absolute Gasteiger partial charge is 0.330 e. The van der Waals surface area contributed by atoms with Crippen molar-refractivity contribution in [2.45, 2.75) is 19.3 Å². The molecule has 1 nitrogen and oxygen atoms in total. The average Bonchev–Trinajstić information content (AvgIpc) is 2.19. The minimum Gasteiger partial charge on any atom is -0.330 e. The Hall–Kier alpha value is -0.965. The molecule has 0 unspecified atom stereocenters. The van der Waals surface area contributed by atoms with Gasteiger partial charge in [0.15, 0.2) is 0 Å². The van der Waals surface area contributed by atoms with Crippen LogP contribution in [0, 0.1) is 0 Å². The largest absolute Gasteiger partial charge is 0.762 e. The van der Waals surface area contributed by atoms with Gasteiger partial charge in [-0.25, -0.2) is 0 Å². The number of unbranched alkanes of at least 4 members (excludes halogenated alkanes) is 1. The quantitative estimate of drug-likeness (QED) is 0.608. The van der Waals surface area contributed by atoms with E-state index in [-0.39, 0.29) is 0 Å². The van der Waals surface area contributed by atoms with Gasteiger partial charge in [-0.2, -0.15) is 0 Å². The summed E-state index contributed by atoms with van der Waals surface area (Å²) in [6.07, 6.45) is 3.51. The zero-order valence-corrected chi connectivity index (χ0v) is 8.50. The Balaban J connectivity index is 0.000000423. The summed E-state index contributed by atoms with van der Waals surface area (Å²) in [5.41, 5.74) is 6.81. The van der Waals surface area contributed by atoms with E-state index in [0.717, 1.165) is 19.4 Å². The van der Waals surface area contributed by atoms with Crippen molar-refractivity contribution < 1.29 is 12.9 Å². The van der Waals surface area contributed by atoms with E-state index in [1.54, 1.807) is 0 Å². The topological polar surface area (TPSA) is 26.0 Å². The molecule has 0 saturated heterocycles. The van der Waals surface area contributed by atoms with Gasteiger partial charge < -0.3 is 5.73 Å². The van der Waals surface area contributed by atoms with Crippen LogP contribution >= 0.6 is 0 Å². The number of benzene rings is 1. The number of aryl methyl sites for hydroxylation is 1. The highest BCUT2D eigenvalue weighted by Crippen LogP contribution is 2.03. The summed E-state index contributed by atoms with van der Waals surface area (Å²) >= 11 is 0. The summed E-state index contributed by atoms with van der Waals surface area (Å²) < 4.78 is 29.0. The lowest BCUT2D eigenvalue weighted by Crippen LogP contribution is -1.98. The zero-order chi connectivity index (χ0) is 11.5. The van der Waals surface area contributed by atoms with Crippen molar-refractivity contribution in [3.8, 4) is 0 Å². The molecule has 5 heteroatoms. The number of rotatable bonds is 4. The monoisotopic (exact) mass is 217 g/mol. The van der Waals surface area contributed by atoms with Crippen LogP contribution in [0.1, 0.15) is 18.4 Å². The summed E-state index contributed by atoms with van der Waals surface area (Å²) in [4.78, 5) is 0. The summed E-state index contributed by atoms with van der Waals surface area (Å²) in [5.74, 6) is 0. The fourth-order valence-electron chi connectivity index (χ4n) is 1.12. The van der Waals surface area contributed by atoms with Crippen LogP contribution in [0.2, 0.25) is 0 Å². The predicted molar refractivity (Wildman–Crippen MR) is 57.5 cm³/mol. The minimum atomic E-state index is -3.67. The maximum atomic E-state index is 9.67. The molecule has 0 aliphatic heterocycles. The van der Waals surface area contributed by atoms with Crippen molar-refractivity contribution >= 4 is 7.54 Å². The highest BCUT2D eigenvalue weighted by molar-refractivity contribution is 6.33. The molecule has 0 saturated carbocycles. The first-order valence-corrected chi connectivity index (χ1v) is 4.83. The SMILES string of the molecule is FB(F)F.NCCCCc1ccccc1. The van der Waals surface area contributed by atoms with Crippen molar-refractivity contribution in [3.05, 3.63) is 35.9 Å². The summed E-state index contributed by atoms with van der Waals surface area (Å²) in [6.45, 7) is 0.812. The lowest BCUT2D eigenvalue weighted by Gasteiger charge is -1.98. The third kappa shape index (κ3) is 11.0. The van der Waals surface area contributed by atoms with E-state index in [1.807, 2.05) is 6.07 Å². The maximum absolute atomic E-state index is 9.67. The Labute approximate surface area is 88.7 Å². The number of halogens is 3. The molecule has 0 atom stereocenters. The number of hydrogen-bond acceptors (Lipinski definition) is 1. The summed E-state index contributed by atoms with van der Waals surface area (Å²) in [6, 6.07) is 10.5. The minimum absolute atomic E-state index is 0.812. The Morgan fingerprint density at radius 1 is 1.00 bits per heavy atom. The van der Waals surface area contributed by atoms with Gasteiger partial charge in [-0.15, -0.1) is 0 Å². The Kier molecular flexibility index (Phi) is 8.97. The van der Waals surface area contributed by atoms with Gasteiger partial charge >= 0.3 is 7.54 Å². The van der Waals surface area contributed by atoms with Gasteiger partial charge in [0.1, 0.15) is 0 Å². The first-order chi connectivity index (χ1) is 7.16. The Bertz CT molecular complexity index is 229. The summed E-state index contributed by atoms with van der Waals surface area (Å²) in [5, 5.41) is 0. The van der Waals surface area contributed by atoms with Crippen molar-refractivity contribution in [1.29, 1.82) is 0 Å². The van der Waals surface area contributed by atoms with E-state index in [0.29, 0.717) is 0 Å². The van der Waals surface area contributed by atoms with Crippen LogP contribution in [0.5, 0.6) is 0 Å². The second-order valence-corrected chi connectivity index (χ2v) is 2.98. The Morgan fingerprint density at radius 2 is 1.53 bits per heavy atom. The van der Waals surface area contributed by atoms with Crippen molar-refractivity contribution in [2.24, 2.45) is 5.73 Å². The van der Waals surface area contributed by atoms with Crippen molar-refractivity contribution in [3.63, 3.8) is 0 Å². The fraction of sp³-hybridized carbons (Fsp3) is 0.400. The molecular formula is C10H15BF3N. The van der Waals surface area contributed by atoms with E-state index in [1.165, 1.54) is 12.0 Å². The second-order valence-electron chi connectivity index (χ2n) is 2.98. The van der Waals surface area contributed by atoms with Crippen LogP contribution in [0.25, 0.3) is 0 Å². The molecule has 0 spiro atoms. The fourth-order valence-corrected chi connectivity index (χ4v) is 1.12. The van der Waals surface area contributed by atoms with Gasteiger partial charge in [0.2, 0.25) is 0 Å². The van der Waals surface area contributed by atoms with Gasteiger partial charge in [0, 0.05) is 0 Å². The van der Waals surface area contributed by atoms with Crippen LogP contribution in [0.15, 0.2) is 30.3 Å². The number of hydrogen-bond donors (Lipinski definition) is 1. The van der Waals surface area contributed by atoms with Crippen LogP contribution in [-0.4, -0.2) is 14.1 Å². The normalized spacial score (nSPS) is 9.07. The molecule has 0 aliphatic rings. The van der Waals surface area contributed by atoms with Crippen LogP contribution in [0.3, 0.4) is 0 Å². The van der Waals surface area contributed by atoms with E-state index in [2.05, 4.69) is 24.3 Å². The molecule has 0 aromatic heterocycles. The first kappa shape index (κ1) is 14.0. The van der Waals surface area contributed by atoms with E-state index < -0.39 is 7.54 Å². The van der Waals surface area contributed by atoms with E-state index >= 15 is 0 Å². The molecule has 1 rings (SSSR count). The molecule has 1 aromatic carbocycles. The standard InChI is InChI=1S/C10H15N.BF3/c11-9-5-4-8-10-6-2-1-3-7-10;2-1(3)4/h1-3,6-7H,4-5,8-9,11H2;. The highest BCUT2D eigenvalue weighted by Gasteiger charge is 2.06. The molecule has 0 amide bonds. The molecule has 15 heavy (non-hydrogen) atoms. The van der Waals surface area contributed by atoms with Crippen LogP contribution < -0.4 is 5.73 Å². The molecule has 2 N–H and O–H groups in total. The molecule has 0 fully saturated rings. The van der Waals surface area contributed by atoms with Gasteiger partial charge in [-0.05, 0) is 31.4 Å². The lowest BCUT2D eigenvalue weighted by molar-refractivity contribution is 0.535. The molecule has 0 radical (unpaired) electrons. The van der Waals surface area contributed by atoms with E-state index in [4.69, 9.17) is 5.73 Å². The lowest BCUT2D eigenvalue weighted by atomic mass is 10.1. The van der Waals surface area contributed by atoms with Gasteiger partial charge in [-0.3, -0.25) is 12.9 Å². The second kappa shape index (κ2) is 9.58. The summed E-state index contributed by atoms with van der Waals surface area (Å²) in [7, 11) is -3.67. The van der Waals surface area contributed by atoms with Crippen molar-refractivity contribution in [1.82, 2.24) is 0 Å². The third-order valence-corrected chi connectivity index (χ3v) is 1.76. The third-order valence-electron chi connectivity index (χ3n) is 1.76. The zero-order valence-electron chi connectivity index (χ0n) is 8.50. The van der Waals surface area contributed by atoms with Gasteiger partial charge in [-0.1, -0.05) is 30.3 Å². The molecular weight excluding hydrogens is 202 g/mol. The number of nitrogens with two attached hydrogens (primary N) is 1. The molecule has 1 aromatic rings. The molecule has 0 bridgehead atoms.